The summed E-state index contributed by atoms with van der Waals surface area (Å²) in [4.78, 5) is 0. The first-order valence-electron chi connectivity index (χ1n) is 3.52. The highest BCUT2D eigenvalue weighted by molar-refractivity contribution is 7.58. The quantitative estimate of drug-likeness (QED) is 0.626. The predicted molar refractivity (Wildman–Crippen MR) is 41.7 cm³/mol. The third-order valence-electron chi connectivity index (χ3n) is 1.29. The van der Waals surface area contributed by atoms with E-state index in [2.05, 4.69) is 0 Å². The van der Waals surface area contributed by atoms with Crippen LogP contribution in [0.4, 0.5) is 0 Å². The molecule has 0 aliphatic rings. The van der Waals surface area contributed by atoms with Crippen LogP contribution in [0.5, 0.6) is 0 Å². The molecule has 10 heavy (non-hydrogen) atoms. The predicted octanol–water partition coefficient (Wildman–Crippen LogP) is 1.31. The third kappa shape index (κ3) is 3.35. The molecule has 3 nitrogen and oxygen atoms in total. The molecule has 0 radical (unpaired) electrons. The largest absolute Gasteiger partial charge is 0.396 e. The van der Waals surface area contributed by atoms with Crippen molar-refractivity contribution in [2.75, 3.05) is 25.5 Å². The van der Waals surface area contributed by atoms with Gasteiger partial charge in [-0.2, -0.15) is 0 Å². The van der Waals surface area contributed by atoms with E-state index >= 15 is 0 Å². The second-order valence-electron chi connectivity index (χ2n) is 2.00. The summed E-state index contributed by atoms with van der Waals surface area (Å²) in [6.45, 7) is 4.03. The van der Waals surface area contributed by atoms with Gasteiger partial charge in [0.1, 0.15) is 0 Å². The molecule has 0 fully saturated rings. The molecule has 0 saturated heterocycles. The van der Waals surface area contributed by atoms with Crippen molar-refractivity contribution in [3.05, 3.63) is 0 Å². The molecule has 0 amide bonds. The van der Waals surface area contributed by atoms with E-state index < -0.39 is 7.37 Å². The van der Waals surface area contributed by atoms with Crippen LogP contribution < -0.4 is 0 Å². The Kier molecular flexibility index (Phi) is 4.96. The van der Waals surface area contributed by atoms with E-state index in [4.69, 9.17) is 9.63 Å². The lowest BCUT2D eigenvalue weighted by molar-refractivity contribution is 0.296. The molecule has 1 N–H and O–H groups in total. The minimum Gasteiger partial charge on any atom is -0.396 e. The molecule has 0 aromatic carbocycles. The van der Waals surface area contributed by atoms with Gasteiger partial charge in [-0.3, -0.25) is 4.57 Å². The molecule has 0 bridgehead atoms. The fourth-order valence-corrected chi connectivity index (χ4v) is 2.10. The highest BCUT2D eigenvalue weighted by atomic mass is 31.2. The molecule has 0 aromatic heterocycles. The number of hydrogen-bond acceptors (Lipinski definition) is 3. The summed E-state index contributed by atoms with van der Waals surface area (Å²) in [7, 11) is -2.45. The molecular formula is C6H15O3P. The maximum atomic E-state index is 11.4. The highest BCUT2D eigenvalue weighted by Crippen LogP contribution is 2.45. The molecule has 0 rings (SSSR count). The lowest BCUT2D eigenvalue weighted by Crippen LogP contribution is -2.01. The second kappa shape index (κ2) is 4.89. The van der Waals surface area contributed by atoms with Crippen LogP contribution in [0.2, 0.25) is 0 Å². The molecular weight excluding hydrogens is 151 g/mol. The van der Waals surface area contributed by atoms with Gasteiger partial charge in [0.15, 0.2) is 0 Å². The van der Waals surface area contributed by atoms with Crippen LogP contribution in [0.15, 0.2) is 0 Å². The first-order chi connectivity index (χ1) is 4.68. The zero-order valence-electron chi connectivity index (χ0n) is 6.54. The maximum Gasteiger partial charge on any atom is 0.205 e. The first kappa shape index (κ1) is 10.2. The summed E-state index contributed by atoms with van der Waals surface area (Å²) in [6.07, 6.45) is 0.804. The van der Waals surface area contributed by atoms with Crippen molar-refractivity contribution in [2.45, 2.75) is 13.8 Å². The number of aliphatic hydroxyl groups excluding tert-OH is 1. The Morgan fingerprint density at radius 1 is 1.50 bits per heavy atom. The molecule has 0 aliphatic carbocycles. The van der Waals surface area contributed by atoms with Crippen molar-refractivity contribution < 1.29 is 14.2 Å². The zero-order valence-corrected chi connectivity index (χ0v) is 7.43. The van der Waals surface area contributed by atoms with Crippen LogP contribution in [0, 0.1) is 0 Å². The maximum absolute atomic E-state index is 11.4. The van der Waals surface area contributed by atoms with E-state index in [1.807, 2.05) is 6.92 Å². The summed E-state index contributed by atoms with van der Waals surface area (Å²) in [6, 6.07) is 0. The fourth-order valence-electron chi connectivity index (χ4n) is 0.702. The molecule has 4 heteroatoms. The summed E-state index contributed by atoms with van der Waals surface area (Å²) >= 11 is 0. The van der Waals surface area contributed by atoms with E-state index in [0.29, 0.717) is 12.8 Å². The Balaban J connectivity index is 3.83. The van der Waals surface area contributed by atoms with Gasteiger partial charge in [-0.15, -0.1) is 0 Å². The van der Waals surface area contributed by atoms with Gasteiger partial charge in [-0.1, -0.05) is 6.92 Å². The van der Waals surface area contributed by atoms with Crippen LogP contribution >= 0.6 is 7.37 Å². The first-order valence-corrected chi connectivity index (χ1v) is 5.51. The Hall–Kier alpha value is 0.150. The molecule has 0 aliphatic heterocycles. The normalized spacial score (nSPS) is 16.7. The molecule has 0 aromatic rings. The monoisotopic (exact) mass is 166 g/mol. The average Bonchev–Trinajstić information content (AvgIpc) is 1.89. The van der Waals surface area contributed by atoms with Crippen molar-refractivity contribution in [3.8, 4) is 0 Å². The number of hydrogen-bond donors (Lipinski definition) is 1. The van der Waals surface area contributed by atoms with E-state index in [1.165, 1.54) is 0 Å². The molecule has 1 unspecified atom stereocenters. The van der Waals surface area contributed by atoms with Gasteiger partial charge in [-0.25, -0.2) is 0 Å². The summed E-state index contributed by atoms with van der Waals surface area (Å²) in [5, 5.41) is 8.51. The second-order valence-corrected chi connectivity index (χ2v) is 4.96. The van der Waals surface area contributed by atoms with Gasteiger partial charge in [-0.05, 0) is 6.92 Å². The van der Waals surface area contributed by atoms with E-state index in [-0.39, 0.29) is 12.8 Å². The van der Waals surface area contributed by atoms with E-state index in [0.717, 1.165) is 0 Å². The van der Waals surface area contributed by atoms with E-state index in [9.17, 15) is 4.57 Å². The number of aliphatic hydroxyl groups is 1. The van der Waals surface area contributed by atoms with Gasteiger partial charge >= 0.3 is 0 Å². The zero-order chi connectivity index (χ0) is 8.04. The van der Waals surface area contributed by atoms with Crippen LogP contribution in [-0.2, 0) is 9.09 Å². The lowest BCUT2D eigenvalue weighted by atomic mass is 10.9. The van der Waals surface area contributed by atoms with Crippen LogP contribution in [0.25, 0.3) is 0 Å². The Morgan fingerprint density at radius 3 is 2.40 bits per heavy atom. The van der Waals surface area contributed by atoms with Crippen LogP contribution in [0.3, 0.4) is 0 Å². The van der Waals surface area contributed by atoms with Crippen molar-refractivity contribution in [1.29, 1.82) is 0 Å². The van der Waals surface area contributed by atoms with Crippen molar-refractivity contribution >= 4 is 7.37 Å². The lowest BCUT2D eigenvalue weighted by Gasteiger charge is -2.13. The number of rotatable bonds is 5. The summed E-state index contributed by atoms with van der Waals surface area (Å²) < 4.78 is 16.4. The minimum absolute atomic E-state index is 0.0505. The van der Waals surface area contributed by atoms with Crippen molar-refractivity contribution in [3.63, 3.8) is 0 Å². The third-order valence-corrected chi connectivity index (χ3v) is 3.86. The molecule has 1 atom stereocenters. The van der Waals surface area contributed by atoms with Crippen LogP contribution in [0.1, 0.15) is 13.8 Å². The SMILES string of the molecule is CCOP(=O)(CC)CCO. The molecule has 62 valence electrons. The molecule has 0 saturated carbocycles. The van der Waals surface area contributed by atoms with E-state index in [1.54, 1.807) is 6.92 Å². The fraction of sp³-hybridized carbons (Fsp3) is 1.00. The van der Waals surface area contributed by atoms with Gasteiger partial charge in [0.2, 0.25) is 7.37 Å². The Bertz CT molecular complexity index is 114. The van der Waals surface area contributed by atoms with Crippen molar-refractivity contribution in [1.82, 2.24) is 0 Å². The van der Waals surface area contributed by atoms with Gasteiger partial charge in [0, 0.05) is 12.3 Å². The van der Waals surface area contributed by atoms with Crippen molar-refractivity contribution in [2.24, 2.45) is 0 Å². The smallest absolute Gasteiger partial charge is 0.205 e. The average molecular weight is 166 g/mol. The van der Waals surface area contributed by atoms with Crippen LogP contribution in [-0.4, -0.2) is 30.6 Å². The Morgan fingerprint density at radius 2 is 2.10 bits per heavy atom. The van der Waals surface area contributed by atoms with Gasteiger partial charge < -0.3 is 9.63 Å². The summed E-state index contributed by atoms with van der Waals surface area (Å²) in [5.74, 6) is 0. The molecule has 0 spiro atoms. The summed E-state index contributed by atoms with van der Waals surface area (Å²) in [5.41, 5.74) is 0. The highest BCUT2D eigenvalue weighted by Gasteiger charge is 2.17. The Labute approximate surface area is 61.8 Å². The topological polar surface area (TPSA) is 46.5 Å². The standard InChI is InChI=1S/C6H15O3P/c1-3-9-10(8,4-2)6-5-7/h7H,3-6H2,1-2H3. The van der Waals surface area contributed by atoms with Gasteiger partial charge in [0.05, 0.1) is 13.2 Å². The molecule has 0 heterocycles. The minimum atomic E-state index is -2.45. The van der Waals surface area contributed by atoms with Gasteiger partial charge in [0.25, 0.3) is 0 Å².